The SMILES string of the molecule is O=CCCc1ccc(O)c(O)c1O. The first-order chi connectivity index (χ1) is 6.16. The van der Waals surface area contributed by atoms with Crippen LogP contribution in [-0.2, 0) is 11.2 Å². The Bertz CT molecular complexity index is 320. The molecule has 3 N–H and O–H groups in total. The molecule has 0 unspecified atom stereocenters. The maximum atomic E-state index is 10.0. The number of hydrogen-bond donors (Lipinski definition) is 3. The van der Waals surface area contributed by atoms with Gasteiger partial charge in [-0.25, -0.2) is 0 Å². The summed E-state index contributed by atoms with van der Waals surface area (Å²) in [6.07, 6.45) is 1.35. The normalized spacial score (nSPS) is 9.85. The Balaban J connectivity index is 2.96. The number of carbonyl (C=O) groups is 1. The van der Waals surface area contributed by atoms with Gasteiger partial charge in [-0.3, -0.25) is 0 Å². The van der Waals surface area contributed by atoms with Gasteiger partial charge >= 0.3 is 0 Å². The molecule has 0 aliphatic heterocycles. The number of phenols is 3. The molecule has 1 aromatic carbocycles. The molecule has 4 heteroatoms. The highest BCUT2D eigenvalue weighted by molar-refractivity contribution is 5.55. The van der Waals surface area contributed by atoms with Gasteiger partial charge in [-0.05, 0) is 18.1 Å². The molecule has 0 amide bonds. The second kappa shape index (κ2) is 3.80. The number of benzene rings is 1. The highest BCUT2D eigenvalue weighted by Gasteiger charge is 2.09. The van der Waals surface area contributed by atoms with Crippen LogP contribution in [0.4, 0.5) is 0 Å². The Labute approximate surface area is 75.1 Å². The largest absolute Gasteiger partial charge is 0.504 e. The van der Waals surface area contributed by atoms with Gasteiger partial charge in [0.15, 0.2) is 11.5 Å². The van der Waals surface area contributed by atoms with Crippen molar-refractivity contribution in [2.24, 2.45) is 0 Å². The number of aldehydes is 1. The van der Waals surface area contributed by atoms with Crippen LogP contribution in [0.5, 0.6) is 17.2 Å². The van der Waals surface area contributed by atoms with Gasteiger partial charge in [0, 0.05) is 6.42 Å². The Morgan fingerprint density at radius 1 is 1.15 bits per heavy atom. The Kier molecular flexibility index (Phi) is 2.74. The third-order valence-corrected chi connectivity index (χ3v) is 1.75. The molecular weight excluding hydrogens is 172 g/mol. The smallest absolute Gasteiger partial charge is 0.200 e. The van der Waals surface area contributed by atoms with Crippen molar-refractivity contribution < 1.29 is 20.1 Å². The van der Waals surface area contributed by atoms with Crippen LogP contribution in [0, 0.1) is 0 Å². The average Bonchev–Trinajstić information content (AvgIpc) is 2.13. The van der Waals surface area contributed by atoms with Crippen LogP contribution in [0.15, 0.2) is 12.1 Å². The van der Waals surface area contributed by atoms with E-state index in [9.17, 15) is 9.90 Å². The van der Waals surface area contributed by atoms with Crippen molar-refractivity contribution >= 4 is 6.29 Å². The lowest BCUT2D eigenvalue weighted by atomic mass is 10.1. The number of hydrogen-bond acceptors (Lipinski definition) is 4. The van der Waals surface area contributed by atoms with Gasteiger partial charge in [-0.1, -0.05) is 6.07 Å². The highest BCUT2D eigenvalue weighted by atomic mass is 16.3. The van der Waals surface area contributed by atoms with E-state index in [-0.39, 0.29) is 17.9 Å². The first-order valence-corrected chi connectivity index (χ1v) is 3.83. The lowest BCUT2D eigenvalue weighted by molar-refractivity contribution is -0.107. The molecule has 0 saturated heterocycles. The van der Waals surface area contributed by atoms with Crippen LogP contribution in [0.1, 0.15) is 12.0 Å². The predicted molar refractivity (Wildman–Crippen MR) is 45.8 cm³/mol. The number of aryl methyl sites for hydroxylation is 1. The summed E-state index contributed by atoms with van der Waals surface area (Å²) in [6.45, 7) is 0. The van der Waals surface area contributed by atoms with Crippen molar-refractivity contribution in [3.8, 4) is 17.2 Å². The molecule has 1 aromatic rings. The van der Waals surface area contributed by atoms with E-state index >= 15 is 0 Å². The molecule has 13 heavy (non-hydrogen) atoms. The first kappa shape index (κ1) is 9.38. The summed E-state index contributed by atoms with van der Waals surface area (Å²) in [7, 11) is 0. The number of phenolic OH excluding ortho intramolecular Hbond substituents is 3. The predicted octanol–water partition coefficient (Wildman–Crippen LogP) is 0.935. The van der Waals surface area contributed by atoms with Crippen LogP contribution in [0.25, 0.3) is 0 Å². The molecule has 0 bridgehead atoms. The topological polar surface area (TPSA) is 77.8 Å². The quantitative estimate of drug-likeness (QED) is 0.480. The zero-order valence-electron chi connectivity index (χ0n) is 6.90. The van der Waals surface area contributed by atoms with E-state index in [1.54, 1.807) is 0 Å². The third-order valence-electron chi connectivity index (χ3n) is 1.75. The molecule has 0 atom stereocenters. The minimum atomic E-state index is -0.539. The van der Waals surface area contributed by atoms with Crippen molar-refractivity contribution in [1.29, 1.82) is 0 Å². The lowest BCUT2D eigenvalue weighted by Crippen LogP contribution is -1.87. The third kappa shape index (κ3) is 1.90. The van der Waals surface area contributed by atoms with Crippen molar-refractivity contribution in [1.82, 2.24) is 0 Å². The molecular formula is C9H10O4. The molecule has 0 radical (unpaired) electrons. The van der Waals surface area contributed by atoms with E-state index < -0.39 is 5.75 Å². The van der Waals surface area contributed by atoms with E-state index in [1.165, 1.54) is 12.1 Å². The Morgan fingerprint density at radius 3 is 2.46 bits per heavy atom. The molecule has 1 rings (SSSR count). The van der Waals surface area contributed by atoms with E-state index in [0.717, 1.165) is 6.29 Å². The van der Waals surface area contributed by atoms with Gasteiger partial charge in [0.05, 0.1) is 0 Å². The van der Waals surface area contributed by atoms with E-state index in [2.05, 4.69) is 0 Å². The van der Waals surface area contributed by atoms with Gasteiger partial charge in [-0.15, -0.1) is 0 Å². The molecule has 0 heterocycles. The van der Waals surface area contributed by atoms with Crippen LogP contribution in [0.3, 0.4) is 0 Å². The summed E-state index contributed by atoms with van der Waals surface area (Å²) in [5, 5.41) is 27.3. The molecule has 0 aromatic heterocycles. The fourth-order valence-electron chi connectivity index (χ4n) is 1.03. The van der Waals surface area contributed by atoms with Gasteiger partial charge in [0.2, 0.25) is 5.75 Å². The molecule has 0 aliphatic carbocycles. The molecule has 0 spiro atoms. The lowest BCUT2D eigenvalue weighted by Gasteiger charge is -2.05. The van der Waals surface area contributed by atoms with Gasteiger partial charge in [0.1, 0.15) is 6.29 Å². The van der Waals surface area contributed by atoms with Gasteiger partial charge in [-0.2, -0.15) is 0 Å². The minimum absolute atomic E-state index is 0.276. The minimum Gasteiger partial charge on any atom is -0.504 e. The van der Waals surface area contributed by atoms with Crippen LogP contribution in [-0.4, -0.2) is 21.6 Å². The number of rotatable bonds is 3. The van der Waals surface area contributed by atoms with Crippen molar-refractivity contribution in [3.63, 3.8) is 0 Å². The summed E-state index contributed by atoms with van der Waals surface area (Å²) in [6, 6.07) is 2.74. The average molecular weight is 182 g/mol. The van der Waals surface area contributed by atoms with Crippen LogP contribution >= 0.6 is 0 Å². The molecule has 0 fully saturated rings. The van der Waals surface area contributed by atoms with Gasteiger partial charge < -0.3 is 20.1 Å². The maximum Gasteiger partial charge on any atom is 0.200 e. The highest BCUT2D eigenvalue weighted by Crippen LogP contribution is 2.37. The number of aromatic hydroxyl groups is 3. The van der Waals surface area contributed by atoms with E-state index in [0.29, 0.717) is 12.0 Å². The fraction of sp³-hybridized carbons (Fsp3) is 0.222. The molecule has 70 valence electrons. The van der Waals surface area contributed by atoms with Crippen molar-refractivity contribution in [2.45, 2.75) is 12.8 Å². The first-order valence-electron chi connectivity index (χ1n) is 3.83. The molecule has 0 aliphatic rings. The monoisotopic (exact) mass is 182 g/mol. The maximum absolute atomic E-state index is 10.0. The van der Waals surface area contributed by atoms with Gasteiger partial charge in [0.25, 0.3) is 0 Å². The second-order valence-electron chi connectivity index (χ2n) is 2.65. The van der Waals surface area contributed by atoms with Crippen LogP contribution < -0.4 is 0 Å². The molecule has 4 nitrogen and oxygen atoms in total. The van der Waals surface area contributed by atoms with E-state index in [4.69, 9.17) is 10.2 Å². The van der Waals surface area contributed by atoms with Crippen molar-refractivity contribution in [3.05, 3.63) is 17.7 Å². The summed E-state index contributed by atoms with van der Waals surface area (Å²) < 4.78 is 0. The summed E-state index contributed by atoms with van der Waals surface area (Å²) in [4.78, 5) is 10.0. The summed E-state index contributed by atoms with van der Waals surface area (Å²) in [5.74, 6) is -1.27. The van der Waals surface area contributed by atoms with Crippen molar-refractivity contribution in [2.75, 3.05) is 0 Å². The second-order valence-corrected chi connectivity index (χ2v) is 2.65. The van der Waals surface area contributed by atoms with Crippen LogP contribution in [0.2, 0.25) is 0 Å². The number of carbonyl (C=O) groups excluding carboxylic acids is 1. The summed E-state index contributed by atoms with van der Waals surface area (Å²) >= 11 is 0. The molecule has 0 saturated carbocycles. The zero-order valence-corrected chi connectivity index (χ0v) is 6.90. The zero-order chi connectivity index (χ0) is 9.84. The standard InChI is InChI=1S/C9H10O4/c10-5-1-2-6-3-4-7(11)9(13)8(6)12/h3-5,11-13H,1-2H2. The fourth-order valence-corrected chi connectivity index (χ4v) is 1.03. The summed E-state index contributed by atoms with van der Waals surface area (Å²) in [5.41, 5.74) is 0.447. The van der Waals surface area contributed by atoms with E-state index in [1.807, 2.05) is 0 Å². The Morgan fingerprint density at radius 2 is 1.85 bits per heavy atom. The Hall–Kier alpha value is -1.71.